The van der Waals surface area contributed by atoms with Crippen LogP contribution in [0, 0.1) is 10.1 Å². The molecule has 1 unspecified atom stereocenters. The molecule has 0 aliphatic carbocycles. The van der Waals surface area contributed by atoms with Gasteiger partial charge in [0.1, 0.15) is 18.6 Å². The molecule has 24 heavy (non-hydrogen) atoms. The van der Waals surface area contributed by atoms with Crippen molar-refractivity contribution in [1.82, 2.24) is 19.9 Å². The van der Waals surface area contributed by atoms with Crippen molar-refractivity contribution >= 4 is 34.8 Å². The van der Waals surface area contributed by atoms with Crippen molar-refractivity contribution in [2.75, 3.05) is 12.0 Å². The van der Waals surface area contributed by atoms with Crippen molar-refractivity contribution in [1.29, 1.82) is 0 Å². The Morgan fingerprint density at radius 3 is 2.62 bits per heavy atom. The van der Waals surface area contributed by atoms with E-state index in [2.05, 4.69) is 19.9 Å². The summed E-state index contributed by atoms with van der Waals surface area (Å²) < 4.78 is 4.79. The minimum Gasteiger partial charge on any atom is -0.467 e. The summed E-state index contributed by atoms with van der Waals surface area (Å²) in [6.45, 7) is 1.73. The maximum atomic E-state index is 12.1. The summed E-state index contributed by atoms with van der Waals surface area (Å²) in [5.74, 6) is -0.738. The number of ether oxygens (including phenoxy) is 1. The van der Waals surface area contributed by atoms with E-state index in [1.54, 1.807) is 6.92 Å². The average Bonchev–Trinajstić information content (AvgIpc) is 2.59. The number of halogens is 1. The Balaban J connectivity index is 2.69. The lowest BCUT2D eigenvalue weighted by Gasteiger charge is -2.29. The quantitative estimate of drug-likeness (QED) is 0.331. The van der Waals surface area contributed by atoms with E-state index < -0.39 is 22.6 Å². The van der Waals surface area contributed by atoms with Crippen molar-refractivity contribution in [2.45, 2.75) is 19.4 Å². The zero-order valence-corrected chi connectivity index (χ0v) is 13.5. The number of hydrogen-bond acceptors (Lipinski definition) is 9. The standard InChI is InChI=1S/C13H13ClN6O4/c1-3-9(12(21)24-2)19(8-4-15-7-16-5-8)11-10(20(22)23)6-17-13(14)18-11/h4-7,9H,3H2,1-2H3. The van der Waals surface area contributed by atoms with Crippen LogP contribution < -0.4 is 4.90 Å². The maximum Gasteiger partial charge on any atom is 0.330 e. The van der Waals surface area contributed by atoms with Crippen LogP contribution >= 0.6 is 11.6 Å². The molecule has 0 saturated heterocycles. The molecule has 0 N–H and O–H groups in total. The minimum atomic E-state index is -0.884. The first-order chi connectivity index (χ1) is 11.5. The summed E-state index contributed by atoms with van der Waals surface area (Å²) in [6.07, 6.45) is 5.37. The molecule has 0 bridgehead atoms. The molecule has 0 aliphatic heterocycles. The highest BCUT2D eigenvalue weighted by Crippen LogP contribution is 2.34. The van der Waals surface area contributed by atoms with Gasteiger partial charge in [0.15, 0.2) is 0 Å². The molecule has 11 heteroatoms. The molecule has 10 nitrogen and oxygen atoms in total. The molecular weight excluding hydrogens is 340 g/mol. The van der Waals surface area contributed by atoms with Crippen LogP contribution in [0.5, 0.6) is 0 Å². The topological polar surface area (TPSA) is 124 Å². The Bertz CT molecular complexity index is 744. The van der Waals surface area contributed by atoms with Gasteiger partial charge in [0.2, 0.25) is 11.1 Å². The van der Waals surface area contributed by atoms with Crippen LogP contribution in [-0.4, -0.2) is 44.0 Å². The Morgan fingerprint density at radius 2 is 2.08 bits per heavy atom. The van der Waals surface area contributed by atoms with E-state index in [1.165, 1.54) is 30.7 Å². The highest BCUT2D eigenvalue weighted by atomic mass is 35.5. The van der Waals surface area contributed by atoms with Gasteiger partial charge in [-0.2, -0.15) is 4.98 Å². The summed E-state index contributed by atoms with van der Waals surface area (Å²) >= 11 is 5.80. The van der Waals surface area contributed by atoms with Crippen molar-refractivity contribution in [3.63, 3.8) is 0 Å². The molecule has 0 fully saturated rings. The smallest absolute Gasteiger partial charge is 0.330 e. The van der Waals surface area contributed by atoms with Gasteiger partial charge < -0.3 is 9.64 Å². The first-order valence-electron chi connectivity index (χ1n) is 6.78. The van der Waals surface area contributed by atoms with Crippen LogP contribution in [0.2, 0.25) is 5.28 Å². The number of carbonyl (C=O) groups is 1. The molecule has 0 saturated carbocycles. The first-order valence-corrected chi connectivity index (χ1v) is 7.16. The molecule has 0 amide bonds. The Kier molecular flexibility index (Phi) is 5.53. The zero-order chi connectivity index (χ0) is 17.7. The van der Waals surface area contributed by atoms with Crippen molar-refractivity contribution < 1.29 is 14.5 Å². The van der Waals surface area contributed by atoms with Gasteiger partial charge in [-0.05, 0) is 18.0 Å². The fourth-order valence-corrected chi connectivity index (χ4v) is 2.24. The highest BCUT2D eigenvalue weighted by molar-refractivity contribution is 6.28. The highest BCUT2D eigenvalue weighted by Gasteiger charge is 2.33. The van der Waals surface area contributed by atoms with Gasteiger partial charge in [0.05, 0.1) is 30.1 Å². The van der Waals surface area contributed by atoms with Crippen LogP contribution in [0.1, 0.15) is 13.3 Å². The molecule has 0 aliphatic rings. The summed E-state index contributed by atoms with van der Waals surface area (Å²) in [5, 5.41) is 11.1. The SMILES string of the molecule is CCC(C(=O)OC)N(c1cncnc1)c1nc(Cl)ncc1[N+](=O)[O-]. The first kappa shape index (κ1) is 17.5. The second kappa shape index (κ2) is 7.59. The molecule has 2 heterocycles. The number of hydrogen-bond donors (Lipinski definition) is 0. The third-order valence-electron chi connectivity index (χ3n) is 3.14. The number of rotatable bonds is 6. The second-order valence-corrected chi connectivity index (χ2v) is 4.86. The van der Waals surface area contributed by atoms with Gasteiger partial charge >= 0.3 is 11.7 Å². The molecular formula is C13H13ClN6O4. The number of anilines is 2. The molecule has 2 aromatic heterocycles. The molecule has 2 aromatic rings. The number of aromatic nitrogens is 4. The van der Waals surface area contributed by atoms with Crippen LogP contribution in [0.25, 0.3) is 0 Å². The third kappa shape index (κ3) is 3.54. The van der Waals surface area contributed by atoms with E-state index in [4.69, 9.17) is 16.3 Å². The van der Waals surface area contributed by atoms with Gasteiger partial charge in [-0.25, -0.2) is 19.7 Å². The predicted molar refractivity (Wildman–Crippen MR) is 84.0 cm³/mol. The van der Waals surface area contributed by atoms with Gasteiger partial charge in [0.25, 0.3) is 0 Å². The summed E-state index contributed by atoms with van der Waals surface area (Å²) in [7, 11) is 1.23. The number of methoxy groups -OCH3 is 1. The van der Waals surface area contributed by atoms with E-state index in [0.717, 1.165) is 6.20 Å². The summed E-state index contributed by atoms with van der Waals surface area (Å²) in [6, 6.07) is -0.884. The lowest BCUT2D eigenvalue weighted by Crippen LogP contribution is -2.39. The van der Waals surface area contributed by atoms with Crippen molar-refractivity contribution in [3.05, 3.63) is 40.3 Å². The molecule has 2 rings (SSSR count). The van der Waals surface area contributed by atoms with Crippen LogP contribution in [-0.2, 0) is 9.53 Å². The van der Waals surface area contributed by atoms with E-state index in [-0.39, 0.29) is 11.1 Å². The third-order valence-corrected chi connectivity index (χ3v) is 3.32. The average molecular weight is 353 g/mol. The van der Waals surface area contributed by atoms with Crippen LogP contribution in [0.4, 0.5) is 17.2 Å². The van der Waals surface area contributed by atoms with Gasteiger partial charge in [-0.15, -0.1) is 0 Å². The minimum absolute atomic E-state index is 0.146. The van der Waals surface area contributed by atoms with Crippen molar-refractivity contribution in [3.8, 4) is 0 Å². The molecule has 1 atom stereocenters. The normalized spacial score (nSPS) is 11.6. The summed E-state index contributed by atoms with van der Waals surface area (Å²) in [5.41, 5.74) is -0.0850. The van der Waals surface area contributed by atoms with Crippen LogP contribution in [0.15, 0.2) is 24.9 Å². The van der Waals surface area contributed by atoms with Gasteiger partial charge in [-0.3, -0.25) is 10.1 Å². The fraction of sp³-hybridized carbons (Fsp3) is 0.308. The lowest BCUT2D eigenvalue weighted by molar-refractivity contribution is -0.384. The number of nitro groups is 1. The predicted octanol–water partition coefficient (Wildman–Crippen LogP) is 1.92. The lowest BCUT2D eigenvalue weighted by atomic mass is 10.1. The van der Waals surface area contributed by atoms with Crippen molar-refractivity contribution in [2.24, 2.45) is 0 Å². The van der Waals surface area contributed by atoms with E-state index in [0.29, 0.717) is 12.1 Å². The number of esters is 1. The van der Waals surface area contributed by atoms with E-state index in [1.807, 2.05) is 0 Å². The fourth-order valence-electron chi connectivity index (χ4n) is 2.11. The molecule has 0 aromatic carbocycles. The Morgan fingerprint density at radius 1 is 1.42 bits per heavy atom. The zero-order valence-electron chi connectivity index (χ0n) is 12.8. The molecule has 0 spiro atoms. The number of carbonyl (C=O) groups excluding carboxylic acids is 1. The summed E-state index contributed by atoms with van der Waals surface area (Å²) in [4.78, 5) is 39.4. The van der Waals surface area contributed by atoms with E-state index >= 15 is 0 Å². The molecule has 126 valence electrons. The Labute approximate surface area is 141 Å². The number of nitrogens with zero attached hydrogens (tertiary/aromatic N) is 6. The maximum absolute atomic E-state index is 12.1. The van der Waals surface area contributed by atoms with Crippen LogP contribution in [0.3, 0.4) is 0 Å². The second-order valence-electron chi connectivity index (χ2n) is 4.52. The van der Waals surface area contributed by atoms with E-state index in [9.17, 15) is 14.9 Å². The van der Waals surface area contributed by atoms with Gasteiger partial charge in [0, 0.05) is 0 Å². The largest absolute Gasteiger partial charge is 0.467 e. The van der Waals surface area contributed by atoms with Gasteiger partial charge in [-0.1, -0.05) is 6.92 Å². The monoisotopic (exact) mass is 352 g/mol. The Hall–Kier alpha value is -2.88. The molecule has 0 radical (unpaired) electrons.